The minimum Gasteiger partial charge on any atom is -0.477 e. The Labute approximate surface area is 110 Å². The first-order valence-corrected chi connectivity index (χ1v) is 6.05. The van der Waals surface area contributed by atoms with Gasteiger partial charge >= 0.3 is 5.97 Å². The Hall–Kier alpha value is -2.49. The van der Waals surface area contributed by atoms with Crippen LogP contribution in [0.5, 0.6) is 0 Å². The molecule has 4 nitrogen and oxygen atoms in total. The molecule has 4 heteroatoms. The molecule has 0 spiro atoms. The molecule has 0 aliphatic rings. The molecular weight excluding hydrogens is 240 g/mol. The fourth-order valence-electron chi connectivity index (χ4n) is 2.46. The van der Waals surface area contributed by atoms with E-state index in [1.165, 1.54) is 0 Å². The molecule has 0 saturated heterocycles. The molecule has 3 rings (SSSR count). The van der Waals surface area contributed by atoms with Crippen LogP contribution in [0.1, 0.15) is 16.1 Å². The minimum atomic E-state index is -0.927. The highest BCUT2D eigenvalue weighted by atomic mass is 16.4. The molecule has 2 heterocycles. The van der Waals surface area contributed by atoms with Crippen molar-refractivity contribution in [3.05, 3.63) is 47.8 Å². The van der Waals surface area contributed by atoms with E-state index in [4.69, 9.17) is 5.11 Å². The number of fused-ring (bicyclic) bond motifs is 1. The Kier molecular flexibility index (Phi) is 2.45. The number of nitrogens with zero attached hydrogens (tertiary/aromatic N) is 1. The largest absolute Gasteiger partial charge is 0.477 e. The fourth-order valence-corrected chi connectivity index (χ4v) is 2.46. The Morgan fingerprint density at radius 1 is 1.32 bits per heavy atom. The molecule has 1 aromatic carbocycles. The second-order valence-corrected chi connectivity index (χ2v) is 4.71. The number of aryl methyl sites for hydroxylation is 2. The normalized spacial score (nSPS) is 11.1. The van der Waals surface area contributed by atoms with Gasteiger partial charge in [-0.05, 0) is 30.7 Å². The van der Waals surface area contributed by atoms with E-state index in [9.17, 15) is 4.79 Å². The molecule has 96 valence electrons. The summed E-state index contributed by atoms with van der Waals surface area (Å²) in [5.74, 6) is -0.927. The standard InChI is InChI=1S/C15H14N2O2/c1-9-8-12(16-14(9)15(18)19)10-4-3-5-13-11(10)6-7-17(13)2/h3-8,16H,1-2H3,(H,18,19). The average molecular weight is 254 g/mol. The molecule has 2 N–H and O–H groups in total. The zero-order valence-corrected chi connectivity index (χ0v) is 10.8. The van der Waals surface area contributed by atoms with Crippen LogP contribution in [0.4, 0.5) is 0 Å². The van der Waals surface area contributed by atoms with Gasteiger partial charge in [0, 0.05) is 35.4 Å². The van der Waals surface area contributed by atoms with Crippen molar-refractivity contribution < 1.29 is 9.90 Å². The van der Waals surface area contributed by atoms with Crippen LogP contribution in [0.3, 0.4) is 0 Å². The summed E-state index contributed by atoms with van der Waals surface area (Å²) in [6.45, 7) is 1.80. The number of rotatable bonds is 2. The number of carboxylic acids is 1. The smallest absolute Gasteiger partial charge is 0.352 e. The fraction of sp³-hybridized carbons (Fsp3) is 0.133. The molecule has 0 amide bonds. The Morgan fingerprint density at radius 2 is 2.11 bits per heavy atom. The third kappa shape index (κ3) is 1.73. The highest BCUT2D eigenvalue weighted by Gasteiger charge is 2.14. The van der Waals surface area contributed by atoms with Crippen molar-refractivity contribution >= 4 is 16.9 Å². The SMILES string of the molecule is Cc1cc(-c2cccc3c2ccn3C)[nH]c1C(=O)O. The van der Waals surface area contributed by atoms with Crippen LogP contribution in [-0.4, -0.2) is 20.6 Å². The van der Waals surface area contributed by atoms with Crippen LogP contribution in [0, 0.1) is 6.92 Å². The summed E-state index contributed by atoms with van der Waals surface area (Å²) in [5, 5.41) is 10.2. The van der Waals surface area contributed by atoms with Gasteiger partial charge in [-0.25, -0.2) is 4.79 Å². The van der Waals surface area contributed by atoms with Gasteiger partial charge in [-0.3, -0.25) is 0 Å². The number of hydrogen-bond donors (Lipinski definition) is 2. The van der Waals surface area contributed by atoms with E-state index < -0.39 is 5.97 Å². The number of carboxylic acid groups (broad SMARTS) is 1. The highest BCUT2D eigenvalue weighted by molar-refractivity contribution is 5.96. The molecule has 0 fully saturated rings. The summed E-state index contributed by atoms with van der Waals surface area (Å²) in [7, 11) is 1.99. The van der Waals surface area contributed by atoms with Crippen molar-refractivity contribution in [1.82, 2.24) is 9.55 Å². The van der Waals surface area contributed by atoms with Crippen molar-refractivity contribution in [2.45, 2.75) is 6.92 Å². The number of hydrogen-bond acceptors (Lipinski definition) is 1. The molecule has 0 aliphatic heterocycles. The first-order valence-electron chi connectivity index (χ1n) is 6.05. The maximum Gasteiger partial charge on any atom is 0.352 e. The minimum absolute atomic E-state index is 0.253. The van der Waals surface area contributed by atoms with Crippen LogP contribution >= 0.6 is 0 Å². The Bertz CT molecular complexity index is 781. The van der Waals surface area contributed by atoms with E-state index in [2.05, 4.69) is 4.98 Å². The summed E-state index contributed by atoms with van der Waals surface area (Å²) in [6, 6.07) is 9.95. The van der Waals surface area contributed by atoms with Gasteiger partial charge in [0.1, 0.15) is 5.69 Å². The van der Waals surface area contributed by atoms with Crippen LogP contribution in [0.2, 0.25) is 0 Å². The zero-order valence-electron chi connectivity index (χ0n) is 10.8. The van der Waals surface area contributed by atoms with Crippen molar-refractivity contribution in [2.75, 3.05) is 0 Å². The molecular formula is C15H14N2O2. The van der Waals surface area contributed by atoms with E-state index in [1.807, 2.05) is 48.1 Å². The third-order valence-electron chi connectivity index (χ3n) is 3.45. The quantitative estimate of drug-likeness (QED) is 0.738. The van der Waals surface area contributed by atoms with Gasteiger partial charge in [0.25, 0.3) is 0 Å². The molecule has 19 heavy (non-hydrogen) atoms. The summed E-state index contributed by atoms with van der Waals surface area (Å²) in [5.41, 5.74) is 3.99. The van der Waals surface area contributed by atoms with Gasteiger partial charge in [-0.15, -0.1) is 0 Å². The van der Waals surface area contributed by atoms with Crippen molar-refractivity contribution in [2.24, 2.45) is 7.05 Å². The van der Waals surface area contributed by atoms with Gasteiger partial charge in [0.05, 0.1) is 0 Å². The van der Waals surface area contributed by atoms with Crippen molar-refractivity contribution in [1.29, 1.82) is 0 Å². The van der Waals surface area contributed by atoms with Crippen LogP contribution in [0.25, 0.3) is 22.2 Å². The topological polar surface area (TPSA) is 58.0 Å². The van der Waals surface area contributed by atoms with Gasteiger partial charge in [-0.2, -0.15) is 0 Å². The molecule has 0 aliphatic carbocycles. The van der Waals surface area contributed by atoms with Crippen molar-refractivity contribution in [3.63, 3.8) is 0 Å². The summed E-state index contributed by atoms with van der Waals surface area (Å²) >= 11 is 0. The molecule has 0 bridgehead atoms. The summed E-state index contributed by atoms with van der Waals surface area (Å²) < 4.78 is 2.05. The lowest BCUT2D eigenvalue weighted by Crippen LogP contribution is -1.98. The molecule has 0 atom stereocenters. The van der Waals surface area contributed by atoms with E-state index in [1.54, 1.807) is 6.92 Å². The maximum absolute atomic E-state index is 11.1. The molecule has 0 unspecified atom stereocenters. The van der Waals surface area contributed by atoms with E-state index in [0.29, 0.717) is 0 Å². The van der Waals surface area contributed by atoms with Gasteiger partial charge in [0.15, 0.2) is 0 Å². The maximum atomic E-state index is 11.1. The van der Waals surface area contributed by atoms with Gasteiger partial charge in [0.2, 0.25) is 0 Å². The lowest BCUT2D eigenvalue weighted by atomic mass is 10.1. The second-order valence-electron chi connectivity index (χ2n) is 4.71. The summed E-state index contributed by atoms with van der Waals surface area (Å²) in [4.78, 5) is 14.1. The summed E-state index contributed by atoms with van der Waals surface area (Å²) in [6.07, 6.45) is 2.00. The van der Waals surface area contributed by atoms with E-state index in [-0.39, 0.29) is 5.69 Å². The number of nitrogens with one attached hydrogen (secondary N) is 1. The van der Waals surface area contributed by atoms with Gasteiger partial charge < -0.3 is 14.7 Å². The molecule has 0 saturated carbocycles. The number of aromatic carboxylic acids is 1. The number of carbonyl (C=O) groups is 1. The number of benzene rings is 1. The second kappa shape index (κ2) is 4.02. The van der Waals surface area contributed by atoms with E-state index in [0.717, 1.165) is 27.7 Å². The van der Waals surface area contributed by atoms with Crippen molar-refractivity contribution in [3.8, 4) is 11.3 Å². The number of H-pyrrole nitrogens is 1. The van der Waals surface area contributed by atoms with Crippen LogP contribution in [-0.2, 0) is 7.05 Å². The monoisotopic (exact) mass is 254 g/mol. The number of aromatic nitrogens is 2. The van der Waals surface area contributed by atoms with Crippen LogP contribution in [0.15, 0.2) is 36.5 Å². The highest BCUT2D eigenvalue weighted by Crippen LogP contribution is 2.29. The predicted molar refractivity (Wildman–Crippen MR) is 74.4 cm³/mol. The molecule has 2 aromatic heterocycles. The first kappa shape index (κ1) is 11.6. The predicted octanol–water partition coefficient (Wildman–Crippen LogP) is 3.18. The number of aromatic amines is 1. The van der Waals surface area contributed by atoms with Gasteiger partial charge in [-0.1, -0.05) is 12.1 Å². The lowest BCUT2D eigenvalue weighted by molar-refractivity contribution is 0.0690. The molecule has 0 radical (unpaired) electrons. The third-order valence-corrected chi connectivity index (χ3v) is 3.45. The Morgan fingerprint density at radius 3 is 2.79 bits per heavy atom. The Balaban J connectivity index is 2.24. The molecule has 3 aromatic rings. The first-order chi connectivity index (χ1) is 9.08. The van der Waals surface area contributed by atoms with E-state index >= 15 is 0 Å². The lowest BCUT2D eigenvalue weighted by Gasteiger charge is -2.02. The van der Waals surface area contributed by atoms with Crippen LogP contribution < -0.4 is 0 Å². The average Bonchev–Trinajstić information content (AvgIpc) is 2.94. The zero-order chi connectivity index (χ0) is 13.6.